The van der Waals surface area contributed by atoms with Crippen LogP contribution in [-0.4, -0.2) is 0 Å². The van der Waals surface area contributed by atoms with Crippen LogP contribution in [0.15, 0.2) is 352 Å². The van der Waals surface area contributed by atoms with E-state index in [9.17, 15) is 0 Å². The molecule has 0 amide bonds. The van der Waals surface area contributed by atoms with Crippen LogP contribution in [0.2, 0.25) is 0 Å². The molecule has 0 heterocycles. The molecule has 0 aliphatic heterocycles. The lowest BCUT2D eigenvalue weighted by Gasteiger charge is -2.10. The zero-order chi connectivity index (χ0) is 74.2. The lowest BCUT2D eigenvalue weighted by Crippen LogP contribution is -1.90. The van der Waals surface area contributed by atoms with E-state index in [-0.39, 0.29) is 0 Å². The normalized spacial score (nSPS) is 13.5. The molecule has 0 fully saturated rings. The average Bonchev–Trinajstić information content (AvgIpc) is 1.63. The molecule has 0 heteroatoms. The lowest BCUT2D eigenvalue weighted by atomic mass is 9.94. The smallest absolute Gasteiger partial charge is 0.000718 e. The van der Waals surface area contributed by atoms with Crippen molar-refractivity contribution in [3.63, 3.8) is 0 Å². The molecule has 0 spiro atoms. The third-order valence-corrected chi connectivity index (χ3v) is 26.4. The maximum atomic E-state index is 2.44. The van der Waals surface area contributed by atoms with Gasteiger partial charge in [-0.15, -0.1) is 0 Å². The summed E-state index contributed by atoms with van der Waals surface area (Å²) in [7, 11) is 0. The number of hydrogen-bond donors (Lipinski definition) is 0. The highest BCUT2D eigenvalue weighted by Crippen LogP contribution is 2.53. The Kier molecular flexibility index (Phi) is 15.5. The topological polar surface area (TPSA) is 0 Å². The standard InChI is InChI=1S/5C20H14.C13H10/c1-3-7-16-14(6-1)12-19-18(16)10-9-15-11-13-5-2-4-8-17(13)20(15)19;1-3-7-17-13(5-1)9-15-11-20-16(12-19(15)17)10-14-6-2-4-8-18(14)20;1-3-7-17-13(5-1)9-15-11-16-10-14-6-2-4-8-18(14)20(16)12-19(15)17;1-3-7-17-13(5-1)11-15-9-10-16-12-14-6-2-4-8-18(14)20(16)19(15)17;1-3-7-15-13(5-1)11-19-17(15)9-10-18-16-8-4-2-6-14(16)12-20(18)19;1-3-7-12-10(5-1)9-11-6-2-4-8-13(11)12/h1-10H,11-12H2;2*1-8,11-12H,9-10H2;2*1-10H,11-12H2;1-8H,9H2. The van der Waals surface area contributed by atoms with Gasteiger partial charge in [0.1, 0.15) is 0 Å². The molecule has 28 rings (SSSR count). The van der Waals surface area contributed by atoms with Gasteiger partial charge in [-0.2, -0.15) is 0 Å². The molecule has 532 valence electrons. The predicted molar refractivity (Wildman–Crippen MR) is 469 cm³/mol. The van der Waals surface area contributed by atoms with E-state index in [1.54, 1.807) is 11.1 Å². The molecule has 11 aliphatic rings. The largest absolute Gasteiger partial charge is 0.0619 e. The summed E-state index contributed by atoms with van der Waals surface area (Å²) in [6, 6.07) is 129. The summed E-state index contributed by atoms with van der Waals surface area (Å²) in [5, 5.41) is 0. The Balaban J connectivity index is 0.0000000810. The second-order valence-corrected chi connectivity index (χ2v) is 32.5. The van der Waals surface area contributed by atoms with Crippen molar-refractivity contribution >= 4 is 0 Å². The fourth-order valence-electron chi connectivity index (χ4n) is 21.2. The zero-order valence-corrected chi connectivity index (χ0v) is 63.3. The first kappa shape index (κ1) is 65.6. The van der Waals surface area contributed by atoms with Crippen molar-refractivity contribution < 1.29 is 0 Å². The van der Waals surface area contributed by atoms with Crippen LogP contribution >= 0.6 is 0 Å². The van der Waals surface area contributed by atoms with Crippen LogP contribution < -0.4 is 0 Å². The van der Waals surface area contributed by atoms with E-state index in [1.165, 1.54) is 234 Å². The quantitative estimate of drug-likeness (QED) is 0.142. The molecule has 113 heavy (non-hydrogen) atoms. The maximum absolute atomic E-state index is 2.44. The second-order valence-electron chi connectivity index (χ2n) is 32.5. The van der Waals surface area contributed by atoms with Gasteiger partial charge in [-0.05, 0) is 334 Å². The summed E-state index contributed by atoms with van der Waals surface area (Å²) in [6.07, 6.45) is 12.0. The predicted octanol–water partition coefficient (Wildman–Crippen LogP) is 27.4. The highest BCUT2D eigenvalue weighted by Gasteiger charge is 2.33. The van der Waals surface area contributed by atoms with E-state index in [0.717, 1.165) is 70.6 Å². The molecule has 17 aromatic carbocycles. The second kappa shape index (κ2) is 26.8. The molecule has 0 saturated carbocycles. The Bertz CT molecular complexity index is 6480. The third-order valence-electron chi connectivity index (χ3n) is 26.4. The molecule has 0 unspecified atom stereocenters. The van der Waals surface area contributed by atoms with Gasteiger partial charge in [-0.3, -0.25) is 0 Å². The van der Waals surface area contributed by atoms with Gasteiger partial charge in [0, 0.05) is 0 Å². The van der Waals surface area contributed by atoms with Gasteiger partial charge < -0.3 is 0 Å². The monoisotopic (exact) mass is 1440 g/mol. The molecule has 11 aliphatic carbocycles. The van der Waals surface area contributed by atoms with E-state index in [4.69, 9.17) is 0 Å². The van der Waals surface area contributed by atoms with Crippen molar-refractivity contribution in [2.24, 2.45) is 0 Å². The SMILES string of the molecule is c1ccc2c(c1)Cc1c-2ccc2c1-c1ccccc1C2.c1ccc2c(c1)Cc1c-2ccc2c1Cc1ccccc1-2.c1ccc2c(c1)Cc1cc3c(cc1-2)-c1ccccc1C3.c1ccc2c(c1)Cc1cc3c(cc1-2)Cc1ccccc1-3.c1ccc2c(c1)Cc1ccc3c(c1-2)-c1ccccc1C3.c1ccc2c(c1)Cc1ccccc1-2. The van der Waals surface area contributed by atoms with Crippen molar-refractivity contribution in [1.29, 1.82) is 0 Å². The van der Waals surface area contributed by atoms with E-state index < -0.39 is 0 Å². The molecule has 0 bridgehead atoms. The summed E-state index contributed by atoms with van der Waals surface area (Å²) in [5.74, 6) is 0. The first-order chi connectivity index (χ1) is 56.0. The fraction of sp³-hybridized carbons (Fsp3) is 0.0973. The third kappa shape index (κ3) is 11.0. The van der Waals surface area contributed by atoms with E-state index >= 15 is 0 Å². The molecule has 0 aromatic heterocycles. The maximum Gasteiger partial charge on any atom is -0.000718 e. The zero-order valence-electron chi connectivity index (χ0n) is 63.3. The lowest BCUT2D eigenvalue weighted by molar-refractivity contribution is 1.16. The van der Waals surface area contributed by atoms with Crippen LogP contribution in [0.3, 0.4) is 0 Å². The summed E-state index contributed by atoms with van der Waals surface area (Å²) in [6.45, 7) is 0. The number of fused-ring (bicyclic) bond motifs is 36. The molecule has 17 aromatic rings. The van der Waals surface area contributed by atoms with Gasteiger partial charge in [0.2, 0.25) is 0 Å². The highest BCUT2D eigenvalue weighted by molar-refractivity contribution is 5.97. The van der Waals surface area contributed by atoms with E-state index in [0.29, 0.717) is 0 Å². The van der Waals surface area contributed by atoms with Crippen molar-refractivity contribution in [2.45, 2.75) is 70.6 Å². The van der Waals surface area contributed by atoms with Gasteiger partial charge in [0.25, 0.3) is 0 Å². The number of benzene rings is 17. The van der Waals surface area contributed by atoms with Crippen molar-refractivity contribution in [1.82, 2.24) is 0 Å². The van der Waals surface area contributed by atoms with Gasteiger partial charge in [-0.25, -0.2) is 0 Å². The molecule has 0 atom stereocenters. The van der Waals surface area contributed by atoms with Crippen LogP contribution in [0.25, 0.3) is 122 Å². The Morgan fingerprint density at radius 3 is 0.611 bits per heavy atom. The molecule has 0 nitrogen and oxygen atoms in total. The van der Waals surface area contributed by atoms with Crippen LogP contribution in [0.5, 0.6) is 0 Å². The minimum atomic E-state index is 1.08. The highest BCUT2D eigenvalue weighted by atomic mass is 14.4. The van der Waals surface area contributed by atoms with Crippen LogP contribution in [-0.2, 0) is 70.6 Å². The van der Waals surface area contributed by atoms with Crippen LogP contribution in [0, 0.1) is 0 Å². The Morgan fingerprint density at radius 2 is 0.283 bits per heavy atom. The summed E-state index contributed by atoms with van der Waals surface area (Å²) in [4.78, 5) is 0. The Labute approximate surface area is 662 Å². The molecular formula is C113H80. The summed E-state index contributed by atoms with van der Waals surface area (Å²) >= 11 is 0. The Morgan fingerprint density at radius 1 is 0.0973 bits per heavy atom. The molecule has 0 radical (unpaired) electrons. The number of rotatable bonds is 0. The minimum absolute atomic E-state index is 1.08. The number of hydrogen-bond acceptors (Lipinski definition) is 0. The Hall–Kier alpha value is -13.3. The van der Waals surface area contributed by atoms with E-state index in [2.05, 4.69) is 352 Å². The molecular weight excluding hydrogens is 1360 g/mol. The first-order valence-corrected chi connectivity index (χ1v) is 40.7. The first-order valence-electron chi connectivity index (χ1n) is 40.7. The van der Waals surface area contributed by atoms with Gasteiger partial charge in [0.05, 0.1) is 0 Å². The minimum Gasteiger partial charge on any atom is -0.0619 e. The van der Waals surface area contributed by atoms with E-state index in [1.807, 2.05) is 0 Å². The fourth-order valence-corrected chi connectivity index (χ4v) is 21.2. The van der Waals surface area contributed by atoms with Crippen molar-refractivity contribution in [3.05, 3.63) is 474 Å². The summed E-state index contributed by atoms with van der Waals surface area (Å²) in [5.41, 5.74) is 64.5. The van der Waals surface area contributed by atoms with Gasteiger partial charge in [0.15, 0.2) is 0 Å². The molecule has 0 saturated heterocycles. The van der Waals surface area contributed by atoms with Crippen LogP contribution in [0.1, 0.15) is 122 Å². The van der Waals surface area contributed by atoms with Gasteiger partial charge >= 0.3 is 0 Å². The van der Waals surface area contributed by atoms with Crippen molar-refractivity contribution in [3.8, 4) is 122 Å². The van der Waals surface area contributed by atoms with Gasteiger partial charge in [-0.1, -0.05) is 334 Å². The van der Waals surface area contributed by atoms with Crippen molar-refractivity contribution in [2.75, 3.05) is 0 Å². The average molecular weight is 1440 g/mol. The summed E-state index contributed by atoms with van der Waals surface area (Å²) < 4.78 is 0. The van der Waals surface area contributed by atoms with Crippen LogP contribution in [0.4, 0.5) is 0 Å². The molecule has 0 N–H and O–H groups in total.